The number of carbonyl (C=O) groups is 1. The Bertz CT molecular complexity index is 463. The average molecular weight is 234 g/mol. The van der Waals surface area contributed by atoms with Gasteiger partial charge < -0.3 is 4.90 Å². The van der Waals surface area contributed by atoms with Crippen molar-refractivity contribution in [3.05, 3.63) is 30.6 Å². The van der Waals surface area contributed by atoms with Gasteiger partial charge in [0.25, 0.3) is 0 Å². The third kappa shape index (κ3) is 2.49. The van der Waals surface area contributed by atoms with Crippen LogP contribution >= 0.6 is 0 Å². The molecule has 0 radical (unpaired) electrons. The van der Waals surface area contributed by atoms with E-state index in [2.05, 4.69) is 20.3 Å². The van der Waals surface area contributed by atoms with Crippen molar-refractivity contribution >= 4 is 5.91 Å². The standard InChI is InChI=1S/C10H14N6O/c1-8(16-7-11-6-14-16)10(17)15(2)5-9-3-12-13-4-9/h3-4,6-8H,5H2,1-2H3,(H,12,13). The van der Waals surface area contributed by atoms with Gasteiger partial charge in [0.05, 0.1) is 6.20 Å². The first-order valence-electron chi connectivity index (χ1n) is 5.25. The zero-order valence-electron chi connectivity index (χ0n) is 9.74. The average Bonchev–Trinajstić information content (AvgIpc) is 2.99. The van der Waals surface area contributed by atoms with Gasteiger partial charge in [-0.2, -0.15) is 10.2 Å². The summed E-state index contributed by atoms with van der Waals surface area (Å²) in [7, 11) is 1.75. The molecule has 1 amide bonds. The van der Waals surface area contributed by atoms with Crippen LogP contribution < -0.4 is 0 Å². The van der Waals surface area contributed by atoms with Crippen molar-refractivity contribution in [3.63, 3.8) is 0 Å². The molecule has 0 spiro atoms. The Labute approximate surface area is 98.5 Å². The number of amides is 1. The summed E-state index contributed by atoms with van der Waals surface area (Å²) >= 11 is 0. The molecule has 0 fully saturated rings. The first-order valence-corrected chi connectivity index (χ1v) is 5.25. The van der Waals surface area contributed by atoms with Crippen LogP contribution in [0.1, 0.15) is 18.5 Å². The Morgan fingerprint density at radius 1 is 1.65 bits per heavy atom. The maximum atomic E-state index is 12.1. The van der Waals surface area contributed by atoms with Crippen LogP contribution in [-0.4, -0.2) is 42.8 Å². The number of aromatic amines is 1. The van der Waals surface area contributed by atoms with E-state index in [1.165, 1.54) is 17.3 Å². The molecular formula is C10H14N6O. The minimum absolute atomic E-state index is 0.0169. The van der Waals surface area contributed by atoms with E-state index in [0.717, 1.165) is 5.56 Å². The minimum atomic E-state index is -0.352. The van der Waals surface area contributed by atoms with Gasteiger partial charge in [-0.25, -0.2) is 9.67 Å². The van der Waals surface area contributed by atoms with Gasteiger partial charge in [-0.15, -0.1) is 0 Å². The largest absolute Gasteiger partial charge is 0.339 e. The van der Waals surface area contributed by atoms with E-state index in [-0.39, 0.29) is 11.9 Å². The molecule has 1 N–H and O–H groups in total. The molecule has 0 aliphatic heterocycles. The molecule has 0 aliphatic rings. The third-order valence-electron chi connectivity index (χ3n) is 2.54. The normalized spacial score (nSPS) is 12.4. The molecule has 0 bridgehead atoms. The predicted octanol–water partition coefficient (Wildman–Crippen LogP) is 0.221. The SMILES string of the molecule is CC(C(=O)N(C)Cc1cn[nH]c1)n1cncn1. The number of aromatic nitrogens is 5. The van der Waals surface area contributed by atoms with Crippen LogP contribution in [-0.2, 0) is 11.3 Å². The summed E-state index contributed by atoms with van der Waals surface area (Å²) in [5.74, 6) is -0.0169. The molecule has 7 nitrogen and oxygen atoms in total. The zero-order chi connectivity index (χ0) is 12.3. The van der Waals surface area contributed by atoms with Crippen molar-refractivity contribution in [1.29, 1.82) is 0 Å². The van der Waals surface area contributed by atoms with Gasteiger partial charge in [-0.05, 0) is 6.92 Å². The number of likely N-dealkylation sites (N-methyl/N-ethyl adjacent to an activating group) is 1. The molecule has 0 aliphatic carbocycles. The molecule has 1 atom stereocenters. The Morgan fingerprint density at radius 2 is 2.47 bits per heavy atom. The van der Waals surface area contributed by atoms with Gasteiger partial charge in [0.2, 0.25) is 5.91 Å². The van der Waals surface area contributed by atoms with Gasteiger partial charge in [0, 0.05) is 25.4 Å². The minimum Gasteiger partial charge on any atom is -0.339 e. The monoisotopic (exact) mass is 234 g/mol. The van der Waals surface area contributed by atoms with E-state index in [4.69, 9.17) is 0 Å². The van der Waals surface area contributed by atoms with E-state index in [9.17, 15) is 4.79 Å². The van der Waals surface area contributed by atoms with Gasteiger partial charge in [0.1, 0.15) is 18.7 Å². The summed E-state index contributed by atoms with van der Waals surface area (Å²) in [5.41, 5.74) is 0.964. The number of carbonyl (C=O) groups excluding carboxylic acids is 1. The number of nitrogens with zero attached hydrogens (tertiary/aromatic N) is 5. The lowest BCUT2D eigenvalue weighted by Crippen LogP contribution is -2.32. The van der Waals surface area contributed by atoms with Gasteiger partial charge in [-0.1, -0.05) is 0 Å². The molecule has 7 heteroatoms. The zero-order valence-corrected chi connectivity index (χ0v) is 9.74. The van der Waals surface area contributed by atoms with Crippen LogP contribution in [0.25, 0.3) is 0 Å². The van der Waals surface area contributed by atoms with E-state index in [1.807, 2.05) is 0 Å². The summed E-state index contributed by atoms with van der Waals surface area (Å²) in [5, 5.41) is 10.5. The fourth-order valence-corrected chi connectivity index (χ4v) is 1.57. The van der Waals surface area contributed by atoms with E-state index < -0.39 is 0 Å². The highest BCUT2D eigenvalue weighted by molar-refractivity contribution is 5.79. The molecular weight excluding hydrogens is 220 g/mol. The van der Waals surface area contributed by atoms with Crippen LogP contribution in [0.5, 0.6) is 0 Å². The maximum absolute atomic E-state index is 12.1. The molecule has 2 rings (SSSR count). The number of hydrogen-bond donors (Lipinski definition) is 1. The van der Waals surface area contributed by atoms with E-state index in [0.29, 0.717) is 6.54 Å². The highest BCUT2D eigenvalue weighted by Gasteiger charge is 2.19. The van der Waals surface area contributed by atoms with Crippen molar-refractivity contribution in [2.45, 2.75) is 19.5 Å². The second-order valence-electron chi connectivity index (χ2n) is 3.85. The summed E-state index contributed by atoms with van der Waals surface area (Å²) in [6.45, 7) is 2.32. The Hall–Kier alpha value is -2.18. The predicted molar refractivity (Wildman–Crippen MR) is 59.8 cm³/mol. The van der Waals surface area contributed by atoms with Crippen molar-refractivity contribution in [3.8, 4) is 0 Å². The van der Waals surface area contributed by atoms with Gasteiger partial charge in [-0.3, -0.25) is 9.89 Å². The van der Waals surface area contributed by atoms with Crippen molar-refractivity contribution in [1.82, 2.24) is 29.9 Å². The van der Waals surface area contributed by atoms with E-state index in [1.54, 1.807) is 31.3 Å². The summed E-state index contributed by atoms with van der Waals surface area (Å²) in [6.07, 6.45) is 6.42. The van der Waals surface area contributed by atoms with Crippen LogP contribution in [0.3, 0.4) is 0 Å². The van der Waals surface area contributed by atoms with Gasteiger partial charge >= 0.3 is 0 Å². The molecule has 2 heterocycles. The third-order valence-corrected chi connectivity index (χ3v) is 2.54. The van der Waals surface area contributed by atoms with E-state index >= 15 is 0 Å². The van der Waals surface area contributed by atoms with Crippen molar-refractivity contribution in [2.75, 3.05) is 7.05 Å². The second kappa shape index (κ2) is 4.77. The Morgan fingerprint density at radius 3 is 3.06 bits per heavy atom. The van der Waals surface area contributed by atoms with Crippen molar-refractivity contribution < 1.29 is 4.79 Å². The summed E-state index contributed by atoms with van der Waals surface area (Å²) in [6, 6.07) is -0.352. The molecule has 0 aromatic carbocycles. The van der Waals surface area contributed by atoms with Crippen molar-refractivity contribution in [2.24, 2.45) is 0 Å². The highest BCUT2D eigenvalue weighted by atomic mass is 16.2. The summed E-state index contributed by atoms with van der Waals surface area (Å²) < 4.78 is 1.54. The van der Waals surface area contributed by atoms with Crippen LogP contribution in [0.15, 0.2) is 25.0 Å². The molecule has 2 aromatic heterocycles. The number of rotatable bonds is 4. The number of hydrogen-bond acceptors (Lipinski definition) is 4. The van der Waals surface area contributed by atoms with Crippen LogP contribution in [0.4, 0.5) is 0 Å². The molecule has 17 heavy (non-hydrogen) atoms. The fourth-order valence-electron chi connectivity index (χ4n) is 1.57. The smallest absolute Gasteiger partial charge is 0.247 e. The maximum Gasteiger partial charge on any atom is 0.247 e. The molecule has 0 saturated heterocycles. The quantitative estimate of drug-likeness (QED) is 0.820. The first kappa shape index (κ1) is 11.3. The highest BCUT2D eigenvalue weighted by Crippen LogP contribution is 2.09. The number of H-pyrrole nitrogens is 1. The second-order valence-corrected chi connectivity index (χ2v) is 3.85. The lowest BCUT2D eigenvalue weighted by Gasteiger charge is -2.20. The number of nitrogens with one attached hydrogen (secondary N) is 1. The fraction of sp³-hybridized carbons (Fsp3) is 0.400. The van der Waals surface area contributed by atoms with Gasteiger partial charge in [0.15, 0.2) is 0 Å². The lowest BCUT2D eigenvalue weighted by atomic mass is 10.2. The molecule has 0 saturated carbocycles. The van der Waals surface area contributed by atoms with Crippen LogP contribution in [0.2, 0.25) is 0 Å². The molecule has 2 aromatic rings. The Kier molecular flexibility index (Phi) is 3.17. The van der Waals surface area contributed by atoms with Crippen LogP contribution in [0, 0.1) is 0 Å². The Balaban J connectivity index is 2.00. The molecule has 90 valence electrons. The molecule has 1 unspecified atom stereocenters. The first-order chi connectivity index (χ1) is 8.18. The lowest BCUT2D eigenvalue weighted by molar-refractivity contribution is -0.133. The summed E-state index contributed by atoms with van der Waals surface area (Å²) in [4.78, 5) is 17.5. The topological polar surface area (TPSA) is 79.7 Å².